The number of carbonyl (C=O) groups is 1. The number of aromatic nitrogens is 3. The molecule has 0 fully saturated rings. The van der Waals surface area contributed by atoms with Crippen molar-refractivity contribution in [3.8, 4) is 34.5 Å². The number of fused-ring (bicyclic) bond motifs is 2. The van der Waals surface area contributed by atoms with Crippen LogP contribution in [0, 0.1) is 6.92 Å². The van der Waals surface area contributed by atoms with Crippen molar-refractivity contribution >= 4 is 23.4 Å². The van der Waals surface area contributed by atoms with Crippen LogP contribution in [0.5, 0.6) is 23.1 Å². The summed E-state index contributed by atoms with van der Waals surface area (Å²) in [4.78, 5) is 26.7. The molecule has 5 rings (SSSR count). The molecule has 3 heterocycles. The van der Waals surface area contributed by atoms with Crippen LogP contribution in [0.4, 0.5) is 5.69 Å². The minimum absolute atomic E-state index is 0.132. The molecule has 9 nitrogen and oxygen atoms in total. The Morgan fingerprint density at radius 1 is 1.03 bits per heavy atom. The van der Waals surface area contributed by atoms with E-state index in [-0.39, 0.29) is 18.3 Å². The fourth-order valence-corrected chi connectivity index (χ4v) is 4.91. The van der Waals surface area contributed by atoms with E-state index in [4.69, 9.17) is 24.2 Å². The van der Waals surface area contributed by atoms with Crippen LogP contribution in [0.1, 0.15) is 22.4 Å². The third-order valence-corrected chi connectivity index (χ3v) is 7.14. The summed E-state index contributed by atoms with van der Waals surface area (Å²) in [5.41, 5.74) is 4.46. The first-order valence-electron chi connectivity index (χ1n) is 11.9. The third-order valence-electron chi connectivity index (χ3n) is 6.12. The predicted octanol–water partition coefficient (Wildman–Crippen LogP) is 4.78. The standard InChI is InChI=1S/C28H26N4O5S/c1-16-25-22(18(14-33)13-29-16)12-23-27(37-25)31-26(17-4-8-20(35-2)9-5-17)32-28(23)38-15-24(34)30-19-6-10-21(36-3)11-7-19/h4-11,13,33H,12,14-15H2,1-3H3,(H,30,34). The lowest BCUT2D eigenvalue weighted by molar-refractivity contribution is -0.113. The smallest absolute Gasteiger partial charge is 0.234 e. The second kappa shape index (κ2) is 11.1. The molecule has 0 aliphatic carbocycles. The number of aliphatic hydroxyl groups is 1. The maximum absolute atomic E-state index is 12.8. The van der Waals surface area contributed by atoms with Gasteiger partial charge in [-0.2, -0.15) is 4.98 Å². The first-order valence-corrected chi connectivity index (χ1v) is 12.9. The number of nitrogens with zero attached hydrogens (tertiary/aromatic N) is 3. The van der Waals surface area contributed by atoms with Crippen LogP contribution in [0.15, 0.2) is 59.8 Å². The zero-order valence-electron chi connectivity index (χ0n) is 21.1. The summed E-state index contributed by atoms with van der Waals surface area (Å²) in [5.74, 6) is 2.87. The highest BCUT2D eigenvalue weighted by Gasteiger charge is 2.28. The fraction of sp³-hybridized carbons (Fsp3) is 0.214. The van der Waals surface area contributed by atoms with Gasteiger partial charge in [-0.3, -0.25) is 9.78 Å². The van der Waals surface area contributed by atoms with Crippen LogP contribution in [-0.4, -0.2) is 45.9 Å². The summed E-state index contributed by atoms with van der Waals surface area (Å²) in [6.07, 6.45) is 2.11. The van der Waals surface area contributed by atoms with Gasteiger partial charge < -0.3 is 24.6 Å². The van der Waals surface area contributed by atoms with Gasteiger partial charge in [0.25, 0.3) is 0 Å². The number of hydrogen-bond donors (Lipinski definition) is 2. The van der Waals surface area contributed by atoms with Gasteiger partial charge in [0.05, 0.1) is 37.8 Å². The van der Waals surface area contributed by atoms with Crippen LogP contribution < -0.4 is 19.5 Å². The quantitative estimate of drug-likeness (QED) is 0.216. The van der Waals surface area contributed by atoms with Gasteiger partial charge in [0.2, 0.25) is 11.8 Å². The van der Waals surface area contributed by atoms with Crippen molar-refractivity contribution in [2.75, 3.05) is 25.3 Å². The zero-order valence-corrected chi connectivity index (χ0v) is 22.0. The molecule has 1 aliphatic heterocycles. The molecule has 0 unspecified atom stereocenters. The molecule has 0 radical (unpaired) electrons. The number of nitrogens with one attached hydrogen (secondary N) is 1. The molecule has 1 amide bonds. The Bertz CT molecular complexity index is 1480. The Hall–Kier alpha value is -4.15. The van der Waals surface area contributed by atoms with Crippen LogP contribution in [0.2, 0.25) is 0 Å². The Balaban J connectivity index is 1.46. The van der Waals surface area contributed by atoms with Crippen molar-refractivity contribution in [1.29, 1.82) is 0 Å². The highest BCUT2D eigenvalue weighted by Crippen LogP contribution is 2.42. The van der Waals surface area contributed by atoms with E-state index in [1.54, 1.807) is 44.7 Å². The van der Waals surface area contributed by atoms with E-state index in [2.05, 4.69) is 10.3 Å². The molecule has 194 valence electrons. The number of methoxy groups -OCH3 is 2. The molecule has 2 N–H and O–H groups in total. The molecule has 4 aromatic rings. The Labute approximate surface area is 224 Å². The fourth-order valence-electron chi connectivity index (χ4n) is 4.09. The van der Waals surface area contributed by atoms with Gasteiger partial charge in [0, 0.05) is 35.0 Å². The molecule has 0 spiro atoms. The molecule has 0 saturated heterocycles. The minimum atomic E-state index is -0.174. The van der Waals surface area contributed by atoms with Crippen molar-refractivity contribution in [3.63, 3.8) is 0 Å². The maximum atomic E-state index is 12.8. The molecule has 2 aromatic heterocycles. The topological polar surface area (TPSA) is 116 Å². The summed E-state index contributed by atoms with van der Waals surface area (Å²) >= 11 is 1.31. The van der Waals surface area contributed by atoms with Gasteiger partial charge in [0.15, 0.2) is 11.6 Å². The largest absolute Gasteiger partial charge is 0.497 e. The molecule has 0 atom stereocenters. The van der Waals surface area contributed by atoms with Gasteiger partial charge in [0.1, 0.15) is 16.5 Å². The number of ether oxygens (including phenoxy) is 3. The molecular formula is C28H26N4O5S. The van der Waals surface area contributed by atoms with E-state index < -0.39 is 0 Å². The lowest BCUT2D eigenvalue weighted by atomic mass is 9.99. The SMILES string of the molecule is COc1ccc(NC(=O)CSc2nc(-c3ccc(OC)cc3)nc3c2Cc2c(CO)cnc(C)c2O3)cc1. The van der Waals surface area contributed by atoms with Gasteiger partial charge in [-0.15, -0.1) is 0 Å². The second-order valence-corrected chi connectivity index (χ2v) is 9.51. The summed E-state index contributed by atoms with van der Waals surface area (Å²) in [6.45, 7) is 1.70. The zero-order chi connectivity index (χ0) is 26.6. The van der Waals surface area contributed by atoms with Gasteiger partial charge in [-0.25, -0.2) is 4.98 Å². The highest BCUT2D eigenvalue weighted by atomic mass is 32.2. The van der Waals surface area contributed by atoms with Crippen molar-refractivity contribution in [3.05, 3.63) is 77.1 Å². The van der Waals surface area contributed by atoms with E-state index in [0.717, 1.165) is 22.4 Å². The van der Waals surface area contributed by atoms with E-state index in [9.17, 15) is 9.90 Å². The normalized spacial score (nSPS) is 11.7. The third kappa shape index (κ3) is 5.27. The average molecular weight is 531 g/mol. The van der Waals surface area contributed by atoms with Gasteiger partial charge in [-0.05, 0) is 55.5 Å². The van der Waals surface area contributed by atoms with Crippen LogP contribution >= 0.6 is 11.8 Å². The maximum Gasteiger partial charge on any atom is 0.234 e. The number of aryl methyl sites for hydroxylation is 1. The first-order chi connectivity index (χ1) is 18.5. The van der Waals surface area contributed by atoms with Crippen molar-refractivity contribution in [2.45, 2.75) is 25.0 Å². The minimum Gasteiger partial charge on any atom is -0.497 e. The average Bonchev–Trinajstić information content (AvgIpc) is 2.95. The van der Waals surface area contributed by atoms with Crippen molar-refractivity contribution in [1.82, 2.24) is 15.0 Å². The number of hydrogen-bond acceptors (Lipinski definition) is 9. The van der Waals surface area contributed by atoms with Crippen LogP contribution in [-0.2, 0) is 17.8 Å². The first kappa shape index (κ1) is 25.5. The predicted molar refractivity (Wildman–Crippen MR) is 144 cm³/mol. The van der Waals surface area contributed by atoms with Gasteiger partial charge in [-0.1, -0.05) is 11.8 Å². The molecule has 2 aromatic carbocycles. The molecule has 0 saturated carbocycles. The van der Waals surface area contributed by atoms with Crippen molar-refractivity contribution < 1.29 is 24.1 Å². The highest BCUT2D eigenvalue weighted by molar-refractivity contribution is 8.00. The summed E-state index contributed by atoms with van der Waals surface area (Å²) < 4.78 is 16.7. The Morgan fingerprint density at radius 2 is 1.71 bits per heavy atom. The summed E-state index contributed by atoms with van der Waals surface area (Å²) in [7, 11) is 3.20. The summed E-state index contributed by atoms with van der Waals surface area (Å²) in [5, 5.41) is 13.4. The number of rotatable bonds is 8. The molecule has 1 aliphatic rings. The molecule has 0 bridgehead atoms. The lowest BCUT2D eigenvalue weighted by Crippen LogP contribution is -2.16. The van der Waals surface area contributed by atoms with Crippen molar-refractivity contribution in [2.24, 2.45) is 0 Å². The van der Waals surface area contributed by atoms with E-state index in [1.807, 2.05) is 31.2 Å². The number of anilines is 1. The number of amides is 1. The number of aliphatic hydroxyl groups excluding tert-OH is 1. The van der Waals surface area contributed by atoms with Crippen LogP contribution in [0.25, 0.3) is 11.4 Å². The molecule has 10 heteroatoms. The van der Waals surface area contributed by atoms with Crippen LogP contribution in [0.3, 0.4) is 0 Å². The summed E-state index contributed by atoms with van der Waals surface area (Å²) in [6, 6.07) is 14.6. The van der Waals surface area contributed by atoms with E-state index in [0.29, 0.717) is 51.6 Å². The number of benzene rings is 2. The number of pyridine rings is 1. The van der Waals surface area contributed by atoms with Gasteiger partial charge >= 0.3 is 0 Å². The molecule has 38 heavy (non-hydrogen) atoms. The second-order valence-electron chi connectivity index (χ2n) is 8.54. The molecular weight excluding hydrogens is 504 g/mol. The van der Waals surface area contributed by atoms with E-state index >= 15 is 0 Å². The Kier molecular flexibility index (Phi) is 7.43. The van der Waals surface area contributed by atoms with E-state index in [1.165, 1.54) is 11.8 Å². The monoisotopic (exact) mass is 530 g/mol. The number of thioether (sulfide) groups is 1. The lowest BCUT2D eigenvalue weighted by Gasteiger charge is -2.24. The Morgan fingerprint density at radius 3 is 2.37 bits per heavy atom. The number of carbonyl (C=O) groups excluding carboxylic acids is 1.